The van der Waals surface area contributed by atoms with Crippen molar-refractivity contribution in [3.63, 3.8) is 0 Å². The van der Waals surface area contributed by atoms with Gasteiger partial charge in [-0.25, -0.2) is 4.79 Å². The number of amides is 1. The molecule has 92 valence electrons. The number of esters is 1. The van der Waals surface area contributed by atoms with Gasteiger partial charge >= 0.3 is 5.97 Å². The lowest BCUT2D eigenvalue weighted by atomic mass is 10.2. The van der Waals surface area contributed by atoms with E-state index in [1.165, 1.54) is 25.3 Å². The number of aromatic hydroxyl groups is 1. The molecule has 6 heteroatoms. The van der Waals surface area contributed by atoms with Crippen LogP contribution in [0.2, 0.25) is 0 Å². The number of benzene rings is 1. The average molecular weight is 238 g/mol. The highest BCUT2D eigenvalue weighted by molar-refractivity contribution is 5.94. The lowest BCUT2D eigenvalue weighted by Gasteiger charge is -2.07. The van der Waals surface area contributed by atoms with Crippen LogP contribution in [0.1, 0.15) is 16.8 Å². The van der Waals surface area contributed by atoms with E-state index < -0.39 is 5.97 Å². The first-order chi connectivity index (χ1) is 8.08. The molecule has 0 saturated carbocycles. The molecule has 0 aliphatic carbocycles. The third-order valence-electron chi connectivity index (χ3n) is 2.06. The van der Waals surface area contributed by atoms with Gasteiger partial charge in [-0.1, -0.05) is 0 Å². The molecule has 17 heavy (non-hydrogen) atoms. The third kappa shape index (κ3) is 3.46. The van der Waals surface area contributed by atoms with Crippen molar-refractivity contribution in [2.45, 2.75) is 6.42 Å². The second-order valence-corrected chi connectivity index (χ2v) is 3.31. The molecule has 0 bridgehead atoms. The van der Waals surface area contributed by atoms with Gasteiger partial charge in [0.25, 0.3) is 0 Å². The van der Waals surface area contributed by atoms with Crippen LogP contribution in [0.3, 0.4) is 0 Å². The Morgan fingerprint density at radius 2 is 2.18 bits per heavy atom. The number of carbonyl (C=O) groups excluding carboxylic acids is 2. The van der Waals surface area contributed by atoms with Crippen LogP contribution in [-0.4, -0.2) is 30.6 Å². The molecule has 1 amide bonds. The number of methoxy groups -OCH3 is 1. The van der Waals surface area contributed by atoms with Gasteiger partial charge in [-0.3, -0.25) is 4.79 Å². The minimum absolute atomic E-state index is 0.165. The molecule has 1 rings (SSSR count). The van der Waals surface area contributed by atoms with Gasteiger partial charge in [-0.15, -0.1) is 0 Å². The minimum Gasteiger partial charge on any atom is -0.506 e. The molecule has 0 fully saturated rings. The van der Waals surface area contributed by atoms with Crippen LogP contribution in [-0.2, 0) is 9.53 Å². The quantitative estimate of drug-likeness (QED) is 0.522. The SMILES string of the molecule is COC(=O)c1ccc(NC(=O)CCN)c(O)c1. The van der Waals surface area contributed by atoms with E-state index >= 15 is 0 Å². The van der Waals surface area contributed by atoms with E-state index in [4.69, 9.17) is 5.73 Å². The molecular formula is C11H14N2O4. The molecule has 0 aromatic heterocycles. The van der Waals surface area contributed by atoms with Gasteiger partial charge in [0.2, 0.25) is 5.91 Å². The summed E-state index contributed by atoms with van der Waals surface area (Å²) in [4.78, 5) is 22.4. The highest BCUT2D eigenvalue weighted by atomic mass is 16.5. The molecule has 0 aliphatic heterocycles. The number of carbonyl (C=O) groups is 2. The zero-order valence-corrected chi connectivity index (χ0v) is 9.40. The van der Waals surface area contributed by atoms with E-state index in [1.807, 2.05) is 0 Å². The van der Waals surface area contributed by atoms with Crippen LogP contribution in [0.15, 0.2) is 18.2 Å². The fourth-order valence-corrected chi connectivity index (χ4v) is 1.23. The first-order valence-electron chi connectivity index (χ1n) is 4.99. The first-order valence-corrected chi connectivity index (χ1v) is 4.99. The average Bonchev–Trinajstić information content (AvgIpc) is 2.31. The lowest BCUT2D eigenvalue weighted by molar-refractivity contribution is -0.116. The van der Waals surface area contributed by atoms with Crippen LogP contribution in [0.5, 0.6) is 5.75 Å². The topological polar surface area (TPSA) is 102 Å². The second kappa shape index (κ2) is 5.86. The summed E-state index contributed by atoms with van der Waals surface area (Å²) in [5.41, 5.74) is 5.66. The molecule has 6 nitrogen and oxygen atoms in total. The van der Waals surface area contributed by atoms with Gasteiger partial charge in [0.05, 0.1) is 18.4 Å². The molecule has 4 N–H and O–H groups in total. The highest BCUT2D eigenvalue weighted by Crippen LogP contribution is 2.24. The number of nitrogens with one attached hydrogen (secondary N) is 1. The van der Waals surface area contributed by atoms with E-state index in [2.05, 4.69) is 10.1 Å². The lowest BCUT2D eigenvalue weighted by Crippen LogP contribution is -2.16. The molecule has 0 radical (unpaired) electrons. The molecular weight excluding hydrogens is 224 g/mol. The predicted molar refractivity (Wildman–Crippen MR) is 61.7 cm³/mol. The third-order valence-corrected chi connectivity index (χ3v) is 2.06. The number of hydrogen-bond acceptors (Lipinski definition) is 5. The molecule has 0 aliphatic rings. The molecule has 0 unspecified atom stereocenters. The van der Waals surface area contributed by atoms with Crippen molar-refractivity contribution < 1.29 is 19.4 Å². The van der Waals surface area contributed by atoms with Crippen LogP contribution >= 0.6 is 0 Å². The Morgan fingerprint density at radius 1 is 1.47 bits per heavy atom. The number of anilines is 1. The van der Waals surface area contributed by atoms with Gasteiger partial charge in [0.1, 0.15) is 5.75 Å². The Bertz CT molecular complexity index is 431. The summed E-state index contributed by atoms with van der Waals surface area (Å²) in [5, 5.41) is 12.1. The first kappa shape index (κ1) is 13.0. The van der Waals surface area contributed by atoms with Crippen molar-refractivity contribution in [2.75, 3.05) is 19.0 Å². The Morgan fingerprint density at radius 3 is 2.71 bits per heavy atom. The van der Waals surface area contributed by atoms with Crippen molar-refractivity contribution in [3.05, 3.63) is 23.8 Å². The summed E-state index contributed by atoms with van der Waals surface area (Å²) in [7, 11) is 1.25. The Balaban J connectivity index is 2.83. The summed E-state index contributed by atoms with van der Waals surface area (Å²) in [6.07, 6.45) is 0.165. The van der Waals surface area contributed by atoms with Crippen molar-refractivity contribution >= 4 is 17.6 Å². The summed E-state index contributed by atoms with van der Waals surface area (Å²) < 4.78 is 4.50. The van der Waals surface area contributed by atoms with Crippen LogP contribution in [0.25, 0.3) is 0 Å². The number of hydrogen-bond donors (Lipinski definition) is 3. The Kier molecular flexibility index (Phi) is 4.47. The number of nitrogens with two attached hydrogens (primary N) is 1. The summed E-state index contributed by atoms with van der Waals surface area (Å²) in [6.45, 7) is 0.229. The molecule has 0 spiro atoms. The Labute approximate surface area is 98.4 Å². The molecule has 1 aromatic carbocycles. The maximum atomic E-state index is 11.2. The van der Waals surface area contributed by atoms with Crippen molar-refractivity contribution in [3.8, 4) is 5.75 Å². The zero-order chi connectivity index (χ0) is 12.8. The normalized spacial score (nSPS) is 9.76. The van der Waals surface area contributed by atoms with E-state index in [1.54, 1.807) is 0 Å². The van der Waals surface area contributed by atoms with Crippen LogP contribution in [0, 0.1) is 0 Å². The maximum Gasteiger partial charge on any atom is 0.337 e. The van der Waals surface area contributed by atoms with E-state index in [0.29, 0.717) is 0 Å². The van der Waals surface area contributed by atoms with E-state index in [-0.39, 0.29) is 35.9 Å². The van der Waals surface area contributed by atoms with Crippen molar-refractivity contribution in [2.24, 2.45) is 5.73 Å². The van der Waals surface area contributed by atoms with Gasteiger partial charge in [-0.2, -0.15) is 0 Å². The number of phenolic OH excluding ortho intramolecular Hbond substituents is 1. The van der Waals surface area contributed by atoms with E-state index in [9.17, 15) is 14.7 Å². The van der Waals surface area contributed by atoms with Crippen molar-refractivity contribution in [1.29, 1.82) is 0 Å². The highest BCUT2D eigenvalue weighted by Gasteiger charge is 2.10. The monoisotopic (exact) mass is 238 g/mol. The molecule has 0 heterocycles. The predicted octanol–water partition coefficient (Wildman–Crippen LogP) is 0.466. The summed E-state index contributed by atoms with van der Waals surface area (Å²) in [6, 6.07) is 4.10. The Hall–Kier alpha value is -2.08. The van der Waals surface area contributed by atoms with Crippen LogP contribution in [0.4, 0.5) is 5.69 Å². The standard InChI is InChI=1S/C11H14N2O4/c1-17-11(16)7-2-3-8(9(14)6-7)13-10(15)4-5-12/h2-3,6,14H,4-5,12H2,1H3,(H,13,15). The van der Waals surface area contributed by atoms with Crippen LogP contribution < -0.4 is 11.1 Å². The summed E-state index contributed by atoms with van der Waals surface area (Å²) in [5.74, 6) is -1.05. The largest absolute Gasteiger partial charge is 0.506 e. The maximum absolute atomic E-state index is 11.2. The number of ether oxygens (including phenoxy) is 1. The van der Waals surface area contributed by atoms with Gasteiger partial charge < -0.3 is 20.9 Å². The fourth-order valence-electron chi connectivity index (χ4n) is 1.23. The fraction of sp³-hybridized carbons (Fsp3) is 0.273. The molecule has 1 aromatic rings. The smallest absolute Gasteiger partial charge is 0.337 e. The second-order valence-electron chi connectivity index (χ2n) is 3.31. The van der Waals surface area contributed by atoms with Gasteiger partial charge in [0, 0.05) is 13.0 Å². The van der Waals surface area contributed by atoms with Gasteiger partial charge in [-0.05, 0) is 18.2 Å². The minimum atomic E-state index is -0.555. The zero-order valence-electron chi connectivity index (χ0n) is 9.40. The van der Waals surface area contributed by atoms with Crippen molar-refractivity contribution in [1.82, 2.24) is 0 Å². The number of rotatable bonds is 4. The van der Waals surface area contributed by atoms with E-state index in [0.717, 1.165) is 0 Å². The van der Waals surface area contributed by atoms with Gasteiger partial charge in [0.15, 0.2) is 0 Å². The summed E-state index contributed by atoms with van der Waals surface area (Å²) >= 11 is 0. The molecule has 0 atom stereocenters. The number of phenols is 1. The molecule has 0 saturated heterocycles.